The Labute approximate surface area is 138 Å². The smallest absolute Gasteiger partial charge is 0.317 e. The number of carbonyl (C=O) groups is 1. The van der Waals surface area contributed by atoms with E-state index in [9.17, 15) is 4.79 Å². The molecule has 1 aromatic rings. The van der Waals surface area contributed by atoms with Gasteiger partial charge in [-0.05, 0) is 30.9 Å². The first-order chi connectivity index (χ1) is 11.3. The number of nitrogens with zero attached hydrogens (tertiary/aromatic N) is 2. The van der Waals surface area contributed by atoms with Gasteiger partial charge in [-0.15, -0.1) is 0 Å². The van der Waals surface area contributed by atoms with Gasteiger partial charge in [-0.1, -0.05) is 24.3 Å². The maximum Gasteiger partial charge on any atom is 0.317 e. The van der Waals surface area contributed by atoms with E-state index in [0.29, 0.717) is 6.54 Å². The fraction of sp³-hybridized carbons (Fsp3) is 0.611. The second-order valence-electron chi connectivity index (χ2n) is 6.39. The highest BCUT2D eigenvalue weighted by atomic mass is 16.5. The molecule has 5 heteroatoms. The van der Waals surface area contributed by atoms with E-state index in [1.165, 1.54) is 11.1 Å². The Kier molecular flexibility index (Phi) is 5.51. The van der Waals surface area contributed by atoms with Gasteiger partial charge in [0.25, 0.3) is 0 Å². The summed E-state index contributed by atoms with van der Waals surface area (Å²) in [7, 11) is 0. The van der Waals surface area contributed by atoms with Gasteiger partial charge in [0.05, 0.1) is 19.3 Å². The third-order valence-electron chi connectivity index (χ3n) is 4.87. The van der Waals surface area contributed by atoms with Gasteiger partial charge in [0.2, 0.25) is 0 Å². The lowest BCUT2D eigenvalue weighted by Crippen LogP contribution is -2.45. The molecular weight excluding hydrogens is 290 g/mol. The first kappa shape index (κ1) is 16.3. The number of hydrogen-bond acceptors (Lipinski definition) is 3. The highest BCUT2D eigenvalue weighted by molar-refractivity contribution is 5.75. The Morgan fingerprint density at radius 2 is 2.04 bits per heavy atom. The Bertz CT molecular complexity index is 529. The lowest BCUT2D eigenvalue weighted by atomic mass is 9.99. The van der Waals surface area contributed by atoms with Crippen LogP contribution in [-0.4, -0.2) is 61.8 Å². The van der Waals surface area contributed by atoms with Crippen molar-refractivity contribution >= 4 is 6.03 Å². The molecule has 0 saturated carbocycles. The van der Waals surface area contributed by atoms with E-state index in [4.69, 9.17) is 4.74 Å². The summed E-state index contributed by atoms with van der Waals surface area (Å²) in [5.74, 6) is 0. The Balaban J connectivity index is 1.53. The van der Waals surface area contributed by atoms with Crippen LogP contribution < -0.4 is 5.32 Å². The summed E-state index contributed by atoms with van der Waals surface area (Å²) in [6.45, 7) is 8.11. The number of aryl methyl sites for hydroxylation is 1. The van der Waals surface area contributed by atoms with Crippen LogP contribution in [0.3, 0.4) is 0 Å². The predicted molar refractivity (Wildman–Crippen MR) is 90.5 cm³/mol. The lowest BCUT2D eigenvalue weighted by molar-refractivity contribution is 0.0385. The van der Waals surface area contributed by atoms with Crippen molar-refractivity contribution in [2.75, 3.05) is 45.9 Å². The van der Waals surface area contributed by atoms with Gasteiger partial charge in [-0.2, -0.15) is 0 Å². The summed E-state index contributed by atoms with van der Waals surface area (Å²) >= 11 is 0. The van der Waals surface area contributed by atoms with Gasteiger partial charge < -0.3 is 15.0 Å². The summed E-state index contributed by atoms with van der Waals surface area (Å²) in [5, 5.41) is 3.10. The fourth-order valence-corrected chi connectivity index (χ4v) is 3.54. The lowest BCUT2D eigenvalue weighted by Gasteiger charge is -2.29. The van der Waals surface area contributed by atoms with Gasteiger partial charge in [-0.25, -0.2) is 4.79 Å². The third kappa shape index (κ3) is 4.03. The number of nitrogens with one attached hydrogen (secondary N) is 1. The molecule has 0 spiro atoms. The van der Waals surface area contributed by atoms with Crippen molar-refractivity contribution in [2.24, 2.45) is 0 Å². The SMILES string of the molecule is Cc1ccccc1C1CCCN1C(=O)NCCN1CCOCC1. The zero-order chi connectivity index (χ0) is 16.1. The van der Waals surface area contributed by atoms with E-state index >= 15 is 0 Å². The normalized spacial score (nSPS) is 22.3. The average Bonchev–Trinajstić information content (AvgIpc) is 3.06. The molecule has 0 aromatic heterocycles. The molecule has 2 aliphatic heterocycles. The van der Waals surface area contributed by atoms with E-state index in [1.807, 2.05) is 4.90 Å². The summed E-state index contributed by atoms with van der Waals surface area (Å²) in [4.78, 5) is 16.9. The van der Waals surface area contributed by atoms with Crippen molar-refractivity contribution in [1.82, 2.24) is 15.1 Å². The molecule has 5 nitrogen and oxygen atoms in total. The van der Waals surface area contributed by atoms with Crippen LogP contribution in [0.2, 0.25) is 0 Å². The zero-order valence-electron chi connectivity index (χ0n) is 14.0. The van der Waals surface area contributed by atoms with Crippen LogP contribution in [0, 0.1) is 6.92 Å². The molecule has 1 unspecified atom stereocenters. The maximum absolute atomic E-state index is 12.6. The largest absolute Gasteiger partial charge is 0.379 e. The van der Waals surface area contributed by atoms with E-state index in [-0.39, 0.29) is 12.1 Å². The van der Waals surface area contributed by atoms with Crippen molar-refractivity contribution < 1.29 is 9.53 Å². The molecule has 2 heterocycles. The van der Waals surface area contributed by atoms with Crippen LogP contribution in [0.25, 0.3) is 0 Å². The summed E-state index contributed by atoms with van der Waals surface area (Å²) in [5.41, 5.74) is 2.55. The van der Waals surface area contributed by atoms with E-state index in [2.05, 4.69) is 41.4 Å². The van der Waals surface area contributed by atoms with Crippen LogP contribution in [0.5, 0.6) is 0 Å². The third-order valence-corrected chi connectivity index (χ3v) is 4.87. The number of hydrogen-bond donors (Lipinski definition) is 1. The van der Waals surface area contributed by atoms with Gasteiger partial charge in [0.1, 0.15) is 0 Å². The molecular formula is C18H27N3O2. The van der Waals surface area contributed by atoms with E-state index in [1.54, 1.807) is 0 Å². The molecule has 0 bridgehead atoms. The van der Waals surface area contributed by atoms with E-state index < -0.39 is 0 Å². The number of ether oxygens (including phenoxy) is 1. The highest BCUT2D eigenvalue weighted by Crippen LogP contribution is 2.33. The van der Waals surface area contributed by atoms with Crippen LogP contribution >= 0.6 is 0 Å². The Morgan fingerprint density at radius 3 is 2.83 bits per heavy atom. The first-order valence-corrected chi connectivity index (χ1v) is 8.66. The van der Waals surface area contributed by atoms with Gasteiger partial charge in [-0.3, -0.25) is 4.90 Å². The molecule has 3 rings (SSSR count). The molecule has 2 aliphatic rings. The minimum Gasteiger partial charge on any atom is -0.379 e. The average molecular weight is 317 g/mol. The van der Waals surface area contributed by atoms with Crippen molar-refractivity contribution in [3.05, 3.63) is 35.4 Å². The molecule has 1 N–H and O–H groups in total. The number of rotatable bonds is 4. The van der Waals surface area contributed by atoms with Gasteiger partial charge >= 0.3 is 6.03 Å². The summed E-state index contributed by atoms with van der Waals surface area (Å²) in [6.07, 6.45) is 2.14. The van der Waals surface area contributed by atoms with Gasteiger partial charge in [0.15, 0.2) is 0 Å². The first-order valence-electron chi connectivity index (χ1n) is 8.66. The number of amides is 2. The quantitative estimate of drug-likeness (QED) is 0.926. The van der Waals surface area contributed by atoms with Gasteiger partial charge in [0, 0.05) is 32.7 Å². The standard InChI is InChI=1S/C18H27N3O2/c1-15-5-2-3-6-16(15)17-7-4-9-21(17)18(22)19-8-10-20-11-13-23-14-12-20/h2-3,5-6,17H,4,7-14H2,1H3,(H,19,22). The monoisotopic (exact) mass is 317 g/mol. The number of morpholine rings is 1. The number of urea groups is 1. The second kappa shape index (κ2) is 7.79. The molecule has 2 fully saturated rings. The molecule has 2 amide bonds. The Morgan fingerprint density at radius 1 is 1.26 bits per heavy atom. The molecule has 0 aliphatic carbocycles. The Hall–Kier alpha value is -1.59. The maximum atomic E-state index is 12.6. The van der Waals surface area contributed by atoms with Crippen LogP contribution in [0.4, 0.5) is 4.79 Å². The minimum absolute atomic E-state index is 0.0732. The van der Waals surface area contributed by atoms with E-state index in [0.717, 1.165) is 52.2 Å². The molecule has 23 heavy (non-hydrogen) atoms. The number of benzene rings is 1. The molecule has 126 valence electrons. The number of carbonyl (C=O) groups excluding carboxylic acids is 1. The zero-order valence-corrected chi connectivity index (χ0v) is 14.0. The molecule has 1 atom stereocenters. The summed E-state index contributed by atoms with van der Waals surface area (Å²) in [6, 6.07) is 8.69. The summed E-state index contributed by atoms with van der Waals surface area (Å²) < 4.78 is 5.35. The van der Waals surface area contributed by atoms with Crippen LogP contribution in [0.15, 0.2) is 24.3 Å². The van der Waals surface area contributed by atoms with Crippen molar-refractivity contribution in [3.63, 3.8) is 0 Å². The fourth-order valence-electron chi connectivity index (χ4n) is 3.54. The van der Waals surface area contributed by atoms with Crippen molar-refractivity contribution in [1.29, 1.82) is 0 Å². The highest BCUT2D eigenvalue weighted by Gasteiger charge is 2.30. The second-order valence-corrected chi connectivity index (χ2v) is 6.39. The van der Waals surface area contributed by atoms with Crippen molar-refractivity contribution in [3.8, 4) is 0 Å². The molecule has 2 saturated heterocycles. The minimum atomic E-state index is 0.0732. The molecule has 1 aromatic carbocycles. The molecule has 0 radical (unpaired) electrons. The van der Waals surface area contributed by atoms with Crippen LogP contribution in [-0.2, 0) is 4.74 Å². The van der Waals surface area contributed by atoms with Crippen molar-refractivity contribution in [2.45, 2.75) is 25.8 Å². The topological polar surface area (TPSA) is 44.8 Å². The van der Waals surface area contributed by atoms with Crippen LogP contribution in [0.1, 0.15) is 30.0 Å². The number of likely N-dealkylation sites (tertiary alicyclic amines) is 1. The predicted octanol–water partition coefficient (Wildman–Crippen LogP) is 2.17.